The number of benzene rings is 4. The number of carbonyl (C=O) groups is 3. The van der Waals surface area contributed by atoms with E-state index in [0.29, 0.717) is 65.4 Å². The highest BCUT2D eigenvalue weighted by Crippen LogP contribution is 2.54. The number of hydroxylamine groups is 2. The average molecular weight is 1270 g/mol. The lowest BCUT2D eigenvalue weighted by Crippen LogP contribution is -2.32. The summed E-state index contributed by atoms with van der Waals surface area (Å²) in [5, 5.41) is -0.278. The van der Waals surface area contributed by atoms with E-state index in [4.69, 9.17) is 23.8 Å². The lowest BCUT2D eigenvalue weighted by atomic mass is 9.75. The Hall–Kier alpha value is -5.91. The van der Waals surface area contributed by atoms with E-state index in [9.17, 15) is 79.2 Å². The van der Waals surface area contributed by atoms with Gasteiger partial charge in [0.2, 0.25) is 5.69 Å². The van der Waals surface area contributed by atoms with Gasteiger partial charge in [-0.3, -0.25) is 9.59 Å². The molecule has 0 saturated carbocycles. The first-order valence-electron chi connectivity index (χ1n) is 25.9. The molecule has 1 atom stereocenters. The third-order valence-electron chi connectivity index (χ3n) is 14.4. The summed E-state index contributed by atoms with van der Waals surface area (Å²) in [6, 6.07) is 8.33. The number of carbonyl (C=O) groups excluding carboxylic acids is 3. The summed E-state index contributed by atoms with van der Waals surface area (Å²) < 4.78 is 211. The Labute approximate surface area is 486 Å². The standard InChI is InChI=1S/C53H63N3O23S5/c1-34(9-15-45-52(2,3)50-39-30-35(81(63,64)65)32-43(83(69,70)71)37(39)11-13-41(50)54(45)20-6-8-49(59)79-56-47(57)17-18-48(56)58)10-16-46-53(4,19-7-29-80(60,61)62)51-40-31-36(82(66,67)68)33-44(84(72,73)74)38(40)12-14-42(51)55(46)21-22-76-25-26-78-28-27-77-24-23-75-5/h9-16,30-33H,6-8,17-29H2,1-5H3,(H4-,60,61,62,63,64,65,66,67,68,69,70,71,72,73,74)/p-4. The fourth-order valence-corrected chi connectivity index (χ4v) is 13.8. The monoisotopic (exact) mass is 1270 g/mol. The zero-order valence-electron chi connectivity index (χ0n) is 46.0. The molecule has 84 heavy (non-hydrogen) atoms. The van der Waals surface area contributed by atoms with Crippen LogP contribution in [0.4, 0.5) is 11.4 Å². The van der Waals surface area contributed by atoms with Crippen molar-refractivity contribution in [3.05, 3.63) is 95.2 Å². The van der Waals surface area contributed by atoms with Crippen LogP contribution < -0.4 is 4.90 Å². The van der Waals surface area contributed by atoms with Crippen LogP contribution in [0.5, 0.6) is 0 Å². The van der Waals surface area contributed by atoms with E-state index < -0.39 is 105 Å². The fraction of sp³-hybridized carbons (Fsp3) is 0.434. The van der Waals surface area contributed by atoms with Crippen LogP contribution in [0.2, 0.25) is 0 Å². The SMILES string of the molecule is COCCOCCOCCOCCN1C(=CC=C(C)C=CC2=[N+](CCCC(=O)ON3C(=O)CCC3=O)c3ccc4c(S(=O)(=O)[O-])cc(S(=O)(=O)[O-])cc4c3C2(C)C)C(C)(CCCS(=O)(=O)[O-])c2c1ccc1c(S(=O)(=O)[O-])cc(S(=O)(=O)[O-])cc21. The van der Waals surface area contributed by atoms with E-state index in [1.165, 1.54) is 31.4 Å². The van der Waals surface area contributed by atoms with Gasteiger partial charge in [-0.15, -0.1) is 5.06 Å². The molecular formula is C53H59N3O23S5-4. The van der Waals surface area contributed by atoms with E-state index >= 15 is 0 Å². The predicted octanol–water partition coefficient (Wildman–Crippen LogP) is 3.56. The number of methoxy groups -OCH3 is 1. The zero-order valence-corrected chi connectivity index (χ0v) is 50.1. The van der Waals surface area contributed by atoms with Gasteiger partial charge < -0.3 is 51.4 Å². The quantitative estimate of drug-likeness (QED) is 0.0258. The number of fused-ring (bicyclic) bond motifs is 6. The van der Waals surface area contributed by atoms with E-state index in [2.05, 4.69) is 0 Å². The zero-order chi connectivity index (χ0) is 62.0. The highest BCUT2D eigenvalue weighted by Gasteiger charge is 2.47. The number of hydrogen-bond donors (Lipinski definition) is 0. The van der Waals surface area contributed by atoms with Crippen molar-refractivity contribution < 1.29 is 108 Å². The van der Waals surface area contributed by atoms with Gasteiger partial charge in [0.1, 0.15) is 47.0 Å². The van der Waals surface area contributed by atoms with E-state index in [-0.39, 0.29) is 111 Å². The number of rotatable bonds is 28. The lowest BCUT2D eigenvalue weighted by Gasteiger charge is -2.31. The Balaban J connectivity index is 1.35. The number of allylic oxidation sites excluding steroid dienone is 6. The summed E-state index contributed by atoms with van der Waals surface area (Å²) in [4.78, 5) is 40.1. The average Bonchev–Trinajstić information content (AvgIpc) is 1.85. The molecule has 0 spiro atoms. The minimum Gasteiger partial charge on any atom is -0.748 e. The van der Waals surface area contributed by atoms with Gasteiger partial charge in [-0.2, -0.15) is 4.58 Å². The van der Waals surface area contributed by atoms with Crippen LogP contribution in [0.3, 0.4) is 0 Å². The molecule has 2 amide bonds. The molecular weight excluding hydrogens is 1210 g/mol. The number of amides is 2. The normalized spacial score (nSPS) is 18.4. The molecule has 4 aromatic rings. The van der Waals surface area contributed by atoms with Crippen LogP contribution in [0.1, 0.15) is 77.3 Å². The van der Waals surface area contributed by atoms with Gasteiger partial charge in [0, 0.05) is 78.6 Å². The summed E-state index contributed by atoms with van der Waals surface area (Å²) in [5.74, 6) is -3.18. The van der Waals surface area contributed by atoms with E-state index in [0.717, 1.165) is 12.1 Å². The van der Waals surface area contributed by atoms with Crippen molar-refractivity contribution >= 4 is 107 Å². The molecule has 3 aliphatic rings. The minimum atomic E-state index is -5.46. The molecule has 1 saturated heterocycles. The van der Waals surface area contributed by atoms with Gasteiger partial charge >= 0.3 is 5.97 Å². The second-order valence-corrected chi connectivity index (χ2v) is 27.5. The predicted molar refractivity (Wildman–Crippen MR) is 293 cm³/mol. The topological polar surface area (TPSA) is 393 Å². The molecule has 0 radical (unpaired) electrons. The summed E-state index contributed by atoms with van der Waals surface area (Å²) in [6.07, 6.45) is 5.46. The van der Waals surface area contributed by atoms with Gasteiger partial charge in [0.25, 0.3) is 11.8 Å². The number of ether oxygens (including phenoxy) is 4. The van der Waals surface area contributed by atoms with E-state index in [1.807, 2.05) is 0 Å². The molecule has 3 heterocycles. The van der Waals surface area contributed by atoms with Gasteiger partial charge in [-0.1, -0.05) is 23.8 Å². The van der Waals surface area contributed by atoms with Crippen LogP contribution in [-0.2, 0) is 99.6 Å². The summed E-state index contributed by atoms with van der Waals surface area (Å²) in [5.41, 5.74) is -0.341. The number of nitrogens with zero attached hydrogens (tertiary/aromatic N) is 3. The maximum Gasteiger partial charge on any atom is 0.333 e. The highest BCUT2D eigenvalue weighted by molar-refractivity contribution is 7.87. The fourth-order valence-electron chi connectivity index (χ4n) is 10.7. The Bertz CT molecular complexity index is 4010. The summed E-state index contributed by atoms with van der Waals surface area (Å²) in [6.45, 7) is 8.23. The second-order valence-electron chi connectivity index (χ2n) is 20.6. The Morgan fingerprint density at radius 1 is 0.667 bits per heavy atom. The first-order valence-corrected chi connectivity index (χ1v) is 33.1. The van der Waals surface area contributed by atoms with Gasteiger partial charge in [0.15, 0.2) is 5.71 Å². The smallest absolute Gasteiger partial charge is 0.333 e. The van der Waals surface area contributed by atoms with Crippen molar-refractivity contribution in [1.82, 2.24) is 5.06 Å². The van der Waals surface area contributed by atoms with Crippen molar-refractivity contribution in [1.29, 1.82) is 0 Å². The van der Waals surface area contributed by atoms with Crippen molar-refractivity contribution in [2.75, 3.05) is 77.1 Å². The lowest BCUT2D eigenvalue weighted by molar-refractivity contribution is -0.438. The molecule has 1 fully saturated rings. The molecule has 0 N–H and O–H groups in total. The molecule has 3 aliphatic heterocycles. The molecule has 26 nitrogen and oxygen atoms in total. The maximum absolute atomic E-state index is 13.0. The first-order chi connectivity index (χ1) is 39.1. The van der Waals surface area contributed by atoms with Crippen LogP contribution in [0, 0.1) is 0 Å². The highest BCUT2D eigenvalue weighted by atomic mass is 32.2. The van der Waals surface area contributed by atoms with Crippen molar-refractivity contribution in [3.63, 3.8) is 0 Å². The van der Waals surface area contributed by atoms with Gasteiger partial charge in [-0.25, -0.2) is 46.9 Å². The third-order valence-corrected chi connectivity index (χ3v) is 18.6. The second kappa shape index (κ2) is 25.6. The third kappa shape index (κ3) is 14.8. The van der Waals surface area contributed by atoms with Crippen molar-refractivity contribution in [2.45, 2.75) is 96.6 Å². The Morgan fingerprint density at radius 2 is 1.19 bits per heavy atom. The summed E-state index contributed by atoms with van der Waals surface area (Å²) >= 11 is 0. The molecule has 31 heteroatoms. The molecule has 1 unspecified atom stereocenters. The summed E-state index contributed by atoms with van der Waals surface area (Å²) in [7, 11) is -24.9. The number of hydrogen-bond acceptors (Lipinski definition) is 24. The Morgan fingerprint density at radius 3 is 1.71 bits per heavy atom. The van der Waals surface area contributed by atoms with Gasteiger partial charge in [0.05, 0.1) is 87.8 Å². The number of imide groups is 1. The molecule has 4 aromatic carbocycles. The molecule has 0 aromatic heterocycles. The van der Waals surface area contributed by atoms with Crippen LogP contribution in [0.25, 0.3) is 21.5 Å². The van der Waals surface area contributed by atoms with Crippen molar-refractivity contribution in [2.24, 2.45) is 0 Å². The Kier molecular flexibility index (Phi) is 20.0. The molecule has 0 bridgehead atoms. The van der Waals surface area contributed by atoms with Crippen LogP contribution in [0.15, 0.2) is 104 Å². The van der Waals surface area contributed by atoms with Crippen molar-refractivity contribution in [3.8, 4) is 0 Å². The number of anilines is 1. The largest absolute Gasteiger partial charge is 0.748 e. The van der Waals surface area contributed by atoms with E-state index in [1.54, 1.807) is 61.5 Å². The maximum atomic E-state index is 13.0. The minimum absolute atomic E-state index is 0.00116. The molecule has 7 rings (SSSR count). The molecule has 0 aliphatic carbocycles. The van der Waals surface area contributed by atoms with Gasteiger partial charge in [-0.05, 0) is 105 Å². The van der Waals surface area contributed by atoms with Crippen LogP contribution >= 0.6 is 0 Å². The van der Waals surface area contributed by atoms with Crippen LogP contribution in [-0.4, -0.2) is 170 Å². The first kappa shape index (κ1) is 65.6. The molecule has 458 valence electrons.